The summed E-state index contributed by atoms with van der Waals surface area (Å²) in [7, 11) is 3.81. The Labute approximate surface area is 127 Å². The number of methoxy groups -OCH3 is 1. The van der Waals surface area contributed by atoms with Gasteiger partial charge in [0.05, 0.1) is 7.11 Å². The minimum atomic E-state index is 0.185. The molecule has 1 fully saturated rings. The monoisotopic (exact) mass is 281 g/mol. The predicted molar refractivity (Wildman–Crippen MR) is 86.8 cm³/mol. The Balaban J connectivity index is 2.06. The highest BCUT2D eigenvalue weighted by Crippen LogP contribution is 2.53. The normalized spacial score (nSPS) is 17.8. The summed E-state index contributed by atoms with van der Waals surface area (Å²) in [5.74, 6) is 0.971. The highest BCUT2D eigenvalue weighted by molar-refractivity contribution is 5.42. The van der Waals surface area contributed by atoms with Crippen molar-refractivity contribution in [2.75, 3.05) is 14.2 Å². The van der Waals surface area contributed by atoms with Crippen LogP contribution in [0, 0.1) is 0 Å². The molecule has 1 atom stereocenters. The molecular weight excluding hydrogens is 258 g/mol. The van der Waals surface area contributed by atoms with Crippen LogP contribution in [0.5, 0.6) is 5.75 Å². The molecule has 110 valence electrons. The van der Waals surface area contributed by atoms with Crippen molar-refractivity contribution in [3.63, 3.8) is 0 Å². The van der Waals surface area contributed by atoms with Crippen molar-refractivity contribution >= 4 is 0 Å². The smallest absolute Gasteiger partial charge is 0.123 e. The third-order valence-electron chi connectivity index (χ3n) is 4.89. The summed E-state index contributed by atoms with van der Waals surface area (Å²) in [5.41, 5.74) is 2.87. The minimum absolute atomic E-state index is 0.185. The summed E-state index contributed by atoms with van der Waals surface area (Å²) >= 11 is 0. The molecule has 1 aliphatic rings. The number of ether oxygens (including phenoxy) is 1. The number of rotatable bonds is 5. The number of likely N-dealkylation sites (N-methyl/N-ethyl adjacent to an activating group) is 1. The molecule has 2 heteroatoms. The summed E-state index contributed by atoms with van der Waals surface area (Å²) in [6, 6.07) is 19.6. The summed E-state index contributed by atoms with van der Waals surface area (Å²) < 4.78 is 5.59. The lowest BCUT2D eigenvalue weighted by Crippen LogP contribution is -2.45. The highest BCUT2D eigenvalue weighted by atomic mass is 16.5. The van der Waals surface area contributed by atoms with Gasteiger partial charge >= 0.3 is 0 Å². The number of hydrogen-bond donors (Lipinski definition) is 1. The van der Waals surface area contributed by atoms with Crippen LogP contribution in [0.25, 0.3) is 0 Å². The molecule has 21 heavy (non-hydrogen) atoms. The molecule has 0 amide bonds. The van der Waals surface area contributed by atoms with Crippen LogP contribution in [0.3, 0.4) is 0 Å². The van der Waals surface area contributed by atoms with Crippen LogP contribution in [0.1, 0.15) is 36.4 Å². The predicted octanol–water partition coefficient (Wildman–Crippen LogP) is 4.08. The maximum absolute atomic E-state index is 5.59. The van der Waals surface area contributed by atoms with Gasteiger partial charge in [-0.3, -0.25) is 0 Å². The molecule has 0 bridgehead atoms. The SMILES string of the molecule is CNC(c1ccccc1OC)C1(c2ccccc2)CCC1. The molecule has 1 aliphatic carbocycles. The largest absolute Gasteiger partial charge is 0.496 e. The van der Waals surface area contributed by atoms with E-state index in [1.807, 2.05) is 6.07 Å². The number of nitrogens with one attached hydrogen (secondary N) is 1. The molecule has 1 N–H and O–H groups in total. The van der Waals surface area contributed by atoms with E-state index in [4.69, 9.17) is 4.74 Å². The first-order valence-corrected chi connectivity index (χ1v) is 7.67. The molecule has 3 rings (SSSR count). The Morgan fingerprint density at radius 3 is 2.24 bits per heavy atom. The van der Waals surface area contributed by atoms with Crippen LogP contribution in [0.4, 0.5) is 0 Å². The van der Waals surface area contributed by atoms with E-state index >= 15 is 0 Å². The van der Waals surface area contributed by atoms with Crippen LogP contribution in [0.15, 0.2) is 54.6 Å². The summed E-state index contributed by atoms with van der Waals surface area (Å²) in [5, 5.41) is 3.55. The van der Waals surface area contributed by atoms with Crippen LogP contribution < -0.4 is 10.1 Å². The van der Waals surface area contributed by atoms with Gasteiger partial charge in [-0.2, -0.15) is 0 Å². The zero-order valence-electron chi connectivity index (χ0n) is 12.8. The lowest BCUT2D eigenvalue weighted by atomic mass is 9.58. The van der Waals surface area contributed by atoms with Crippen LogP contribution in [-0.2, 0) is 5.41 Å². The van der Waals surface area contributed by atoms with E-state index in [1.54, 1.807) is 7.11 Å². The van der Waals surface area contributed by atoms with Gasteiger partial charge in [0.25, 0.3) is 0 Å². The molecule has 0 heterocycles. The van der Waals surface area contributed by atoms with Gasteiger partial charge in [0.2, 0.25) is 0 Å². The Kier molecular flexibility index (Phi) is 3.98. The summed E-state index contributed by atoms with van der Waals surface area (Å²) in [6.45, 7) is 0. The maximum Gasteiger partial charge on any atom is 0.123 e. The third-order valence-corrected chi connectivity index (χ3v) is 4.89. The maximum atomic E-state index is 5.59. The van der Waals surface area contributed by atoms with Crippen LogP contribution >= 0.6 is 0 Å². The number of hydrogen-bond acceptors (Lipinski definition) is 2. The molecular formula is C19H23NO. The van der Waals surface area contributed by atoms with Gasteiger partial charge in [-0.1, -0.05) is 55.0 Å². The topological polar surface area (TPSA) is 21.3 Å². The Hall–Kier alpha value is -1.80. The zero-order valence-corrected chi connectivity index (χ0v) is 12.8. The van der Waals surface area contributed by atoms with Gasteiger partial charge in [0.15, 0.2) is 0 Å². The summed E-state index contributed by atoms with van der Waals surface area (Å²) in [6.07, 6.45) is 3.74. The van der Waals surface area contributed by atoms with Crippen molar-refractivity contribution in [3.05, 3.63) is 65.7 Å². The van der Waals surface area contributed by atoms with Gasteiger partial charge in [-0.25, -0.2) is 0 Å². The second-order valence-corrected chi connectivity index (χ2v) is 5.84. The van der Waals surface area contributed by atoms with E-state index in [9.17, 15) is 0 Å². The van der Waals surface area contributed by atoms with Crippen molar-refractivity contribution < 1.29 is 4.74 Å². The van der Waals surface area contributed by atoms with E-state index in [0.717, 1.165) is 5.75 Å². The Morgan fingerprint density at radius 1 is 1.00 bits per heavy atom. The minimum Gasteiger partial charge on any atom is -0.496 e. The van der Waals surface area contributed by atoms with Crippen molar-refractivity contribution in [2.24, 2.45) is 0 Å². The molecule has 2 aromatic carbocycles. The Bertz CT molecular complexity index is 590. The lowest BCUT2D eigenvalue weighted by Gasteiger charge is -2.48. The van der Waals surface area contributed by atoms with Crippen LogP contribution in [0.2, 0.25) is 0 Å². The molecule has 0 spiro atoms. The van der Waals surface area contributed by atoms with Crippen molar-refractivity contribution in [1.29, 1.82) is 0 Å². The second-order valence-electron chi connectivity index (χ2n) is 5.84. The first-order chi connectivity index (χ1) is 10.3. The lowest BCUT2D eigenvalue weighted by molar-refractivity contribution is 0.173. The molecule has 0 radical (unpaired) electrons. The van der Waals surface area contributed by atoms with Crippen LogP contribution in [-0.4, -0.2) is 14.2 Å². The van der Waals surface area contributed by atoms with Gasteiger partial charge in [-0.05, 0) is 31.5 Å². The molecule has 0 aromatic heterocycles. The van der Waals surface area contributed by atoms with Gasteiger partial charge in [-0.15, -0.1) is 0 Å². The summed E-state index contributed by atoms with van der Waals surface area (Å²) in [4.78, 5) is 0. The fraction of sp³-hybridized carbons (Fsp3) is 0.368. The van der Waals surface area contributed by atoms with Gasteiger partial charge in [0, 0.05) is 17.0 Å². The number of para-hydroxylation sites is 1. The average molecular weight is 281 g/mol. The van der Waals surface area contributed by atoms with Crippen molar-refractivity contribution in [1.82, 2.24) is 5.32 Å². The fourth-order valence-electron chi connectivity index (χ4n) is 3.71. The quantitative estimate of drug-likeness (QED) is 0.891. The third kappa shape index (κ3) is 2.34. The molecule has 1 unspecified atom stereocenters. The van der Waals surface area contributed by atoms with Crippen molar-refractivity contribution in [3.8, 4) is 5.75 Å². The van der Waals surface area contributed by atoms with E-state index in [1.165, 1.54) is 30.4 Å². The molecule has 1 saturated carbocycles. The van der Waals surface area contributed by atoms with E-state index in [0.29, 0.717) is 0 Å². The standard InChI is InChI=1S/C19H23NO/c1-20-18(16-11-6-7-12-17(16)21-2)19(13-8-14-19)15-9-4-3-5-10-15/h3-7,9-12,18,20H,8,13-14H2,1-2H3. The molecule has 2 aromatic rings. The number of benzene rings is 2. The van der Waals surface area contributed by atoms with Gasteiger partial charge in [0.1, 0.15) is 5.75 Å². The fourth-order valence-corrected chi connectivity index (χ4v) is 3.71. The molecule has 0 saturated heterocycles. The zero-order chi connectivity index (χ0) is 14.7. The van der Waals surface area contributed by atoms with E-state index < -0.39 is 0 Å². The molecule has 0 aliphatic heterocycles. The average Bonchev–Trinajstić information content (AvgIpc) is 2.51. The van der Waals surface area contributed by atoms with E-state index in [-0.39, 0.29) is 11.5 Å². The second kappa shape index (κ2) is 5.90. The molecule has 2 nitrogen and oxygen atoms in total. The highest BCUT2D eigenvalue weighted by Gasteiger charge is 2.46. The van der Waals surface area contributed by atoms with Crippen molar-refractivity contribution in [2.45, 2.75) is 30.7 Å². The first-order valence-electron chi connectivity index (χ1n) is 7.67. The Morgan fingerprint density at radius 2 is 1.67 bits per heavy atom. The van der Waals surface area contributed by atoms with Gasteiger partial charge < -0.3 is 10.1 Å². The first kappa shape index (κ1) is 14.2. The van der Waals surface area contributed by atoms with E-state index in [2.05, 4.69) is 60.9 Å².